The number of nitrogens with zero attached hydrogens (tertiary/aromatic N) is 1. The molecule has 0 spiro atoms. The average molecular weight is 407 g/mol. The van der Waals surface area contributed by atoms with Crippen LogP contribution in [0.5, 0.6) is 5.75 Å². The van der Waals surface area contributed by atoms with E-state index in [1.165, 1.54) is 0 Å². The van der Waals surface area contributed by atoms with Gasteiger partial charge in [0.25, 0.3) is 0 Å². The Morgan fingerprint density at radius 2 is 1.90 bits per heavy atom. The van der Waals surface area contributed by atoms with Gasteiger partial charge in [-0.1, -0.05) is 25.5 Å². The molecule has 29 heavy (non-hydrogen) atoms. The van der Waals surface area contributed by atoms with Gasteiger partial charge >= 0.3 is 13.2 Å². The third-order valence-corrected chi connectivity index (χ3v) is 5.16. The summed E-state index contributed by atoms with van der Waals surface area (Å²) >= 11 is 0. The van der Waals surface area contributed by atoms with Crippen molar-refractivity contribution in [2.24, 2.45) is 5.92 Å². The second-order valence-electron chi connectivity index (χ2n) is 7.31. The summed E-state index contributed by atoms with van der Waals surface area (Å²) in [4.78, 5) is 13.8. The third kappa shape index (κ3) is 7.21. The van der Waals surface area contributed by atoms with Gasteiger partial charge in [0, 0.05) is 40.0 Å². The molecule has 1 saturated heterocycles. The van der Waals surface area contributed by atoms with E-state index in [4.69, 9.17) is 23.5 Å². The number of carbonyl (C=O) groups is 1. The SMILES string of the molecule is CCCCOC(=O)N1CCC(COc2ccc(B(OC)OC)cc2COC)CC1. The van der Waals surface area contributed by atoms with Crippen molar-refractivity contribution in [3.8, 4) is 5.75 Å². The molecule has 0 radical (unpaired) electrons. The summed E-state index contributed by atoms with van der Waals surface area (Å²) in [7, 11) is 4.47. The van der Waals surface area contributed by atoms with Crippen molar-refractivity contribution in [1.82, 2.24) is 4.90 Å². The van der Waals surface area contributed by atoms with Crippen LogP contribution in [0.2, 0.25) is 0 Å². The molecule has 0 N–H and O–H groups in total. The summed E-state index contributed by atoms with van der Waals surface area (Å²) in [5.74, 6) is 1.22. The van der Waals surface area contributed by atoms with Crippen molar-refractivity contribution in [2.45, 2.75) is 39.2 Å². The fourth-order valence-corrected chi connectivity index (χ4v) is 3.41. The lowest BCUT2D eigenvalue weighted by Crippen LogP contribution is -2.40. The lowest BCUT2D eigenvalue weighted by Gasteiger charge is -2.31. The number of carbonyl (C=O) groups excluding carboxylic acids is 1. The summed E-state index contributed by atoms with van der Waals surface area (Å²) in [6.45, 7) is 5.08. The van der Waals surface area contributed by atoms with Crippen LogP contribution in [0.15, 0.2) is 18.2 Å². The summed E-state index contributed by atoms with van der Waals surface area (Å²) in [5, 5.41) is 0. The van der Waals surface area contributed by atoms with Crippen LogP contribution >= 0.6 is 0 Å². The van der Waals surface area contributed by atoms with E-state index in [0.29, 0.717) is 38.8 Å². The summed E-state index contributed by atoms with van der Waals surface area (Å²) in [6.07, 6.45) is 3.57. The molecule has 1 aromatic rings. The van der Waals surface area contributed by atoms with Crippen LogP contribution in [0, 0.1) is 5.92 Å². The number of methoxy groups -OCH3 is 1. The van der Waals surface area contributed by atoms with Crippen molar-refractivity contribution in [3.05, 3.63) is 23.8 Å². The highest BCUT2D eigenvalue weighted by molar-refractivity contribution is 6.61. The van der Waals surface area contributed by atoms with Crippen LogP contribution in [-0.4, -0.2) is 65.7 Å². The fraction of sp³-hybridized carbons (Fsp3) is 0.667. The van der Waals surface area contributed by atoms with Gasteiger partial charge in [0.1, 0.15) is 5.75 Å². The van der Waals surface area contributed by atoms with Gasteiger partial charge in [-0.2, -0.15) is 0 Å². The first-order valence-electron chi connectivity index (χ1n) is 10.3. The largest absolute Gasteiger partial charge is 0.493 e. The van der Waals surface area contributed by atoms with Crippen molar-refractivity contribution < 1.29 is 28.3 Å². The molecule has 162 valence electrons. The maximum atomic E-state index is 12.1. The summed E-state index contributed by atoms with van der Waals surface area (Å²) in [6, 6.07) is 5.88. The molecule has 2 rings (SSSR count). The lowest BCUT2D eigenvalue weighted by atomic mass is 9.78. The highest BCUT2D eigenvalue weighted by Gasteiger charge is 2.25. The highest BCUT2D eigenvalue weighted by atomic mass is 16.6. The Bertz CT molecular complexity index is 617. The average Bonchev–Trinajstić information content (AvgIpc) is 2.75. The second-order valence-corrected chi connectivity index (χ2v) is 7.31. The molecule has 8 heteroatoms. The lowest BCUT2D eigenvalue weighted by molar-refractivity contribution is 0.0797. The summed E-state index contributed by atoms with van der Waals surface area (Å²) in [5.41, 5.74) is 1.88. The Morgan fingerprint density at radius 1 is 1.17 bits per heavy atom. The number of rotatable bonds is 11. The first kappa shape index (κ1) is 23.5. The van der Waals surface area contributed by atoms with Crippen molar-refractivity contribution >= 4 is 18.7 Å². The van der Waals surface area contributed by atoms with E-state index in [-0.39, 0.29) is 6.09 Å². The molecule has 1 amide bonds. The number of amides is 1. The standard InChI is InChI=1S/C21H34BNO6/c1-5-6-13-28-21(24)23-11-9-17(10-12-23)15-29-20-8-7-19(22(26-3)27-4)14-18(20)16-25-2/h7-8,14,17H,5-6,9-13,15-16H2,1-4H3. The van der Waals surface area contributed by atoms with Crippen LogP contribution in [-0.2, 0) is 25.4 Å². The van der Waals surface area contributed by atoms with Gasteiger partial charge < -0.3 is 28.4 Å². The number of unbranched alkanes of at least 4 members (excludes halogenated alkanes) is 1. The molecule has 0 unspecified atom stereocenters. The molecule has 0 saturated carbocycles. The summed E-state index contributed by atoms with van der Waals surface area (Å²) < 4.78 is 27.4. The molecule has 1 heterocycles. The van der Waals surface area contributed by atoms with Gasteiger partial charge in [-0.25, -0.2) is 4.79 Å². The van der Waals surface area contributed by atoms with Crippen LogP contribution in [0.1, 0.15) is 38.2 Å². The number of piperidine rings is 1. The van der Waals surface area contributed by atoms with E-state index in [1.54, 1.807) is 26.2 Å². The van der Waals surface area contributed by atoms with Crippen LogP contribution < -0.4 is 10.2 Å². The minimum absolute atomic E-state index is 0.193. The zero-order chi connectivity index (χ0) is 21.1. The van der Waals surface area contributed by atoms with Gasteiger partial charge in [0.2, 0.25) is 0 Å². The molecule has 1 aliphatic rings. The molecule has 0 atom stereocenters. The van der Waals surface area contributed by atoms with E-state index in [1.807, 2.05) is 18.2 Å². The quantitative estimate of drug-likeness (QED) is 0.415. The first-order valence-corrected chi connectivity index (χ1v) is 10.3. The molecule has 1 aromatic carbocycles. The number of likely N-dealkylation sites (tertiary alicyclic amines) is 1. The van der Waals surface area contributed by atoms with E-state index < -0.39 is 7.12 Å². The molecular weight excluding hydrogens is 373 g/mol. The van der Waals surface area contributed by atoms with Crippen LogP contribution in [0.25, 0.3) is 0 Å². The maximum absolute atomic E-state index is 12.1. The normalized spacial score (nSPS) is 14.7. The molecule has 1 aliphatic heterocycles. The van der Waals surface area contributed by atoms with Crippen LogP contribution in [0.3, 0.4) is 0 Å². The van der Waals surface area contributed by atoms with E-state index in [9.17, 15) is 4.79 Å². The number of ether oxygens (including phenoxy) is 3. The molecule has 0 aliphatic carbocycles. The van der Waals surface area contributed by atoms with Crippen molar-refractivity contribution in [3.63, 3.8) is 0 Å². The van der Waals surface area contributed by atoms with E-state index in [0.717, 1.165) is 42.5 Å². The maximum Gasteiger partial charge on any atom is 0.493 e. The first-order chi connectivity index (χ1) is 14.1. The molecule has 0 bridgehead atoms. The third-order valence-electron chi connectivity index (χ3n) is 5.16. The smallest absolute Gasteiger partial charge is 0.493 e. The van der Waals surface area contributed by atoms with Crippen molar-refractivity contribution in [1.29, 1.82) is 0 Å². The Morgan fingerprint density at radius 3 is 2.52 bits per heavy atom. The Hall–Kier alpha value is -1.77. The van der Waals surface area contributed by atoms with Gasteiger partial charge in [-0.05, 0) is 36.7 Å². The van der Waals surface area contributed by atoms with Gasteiger partial charge in [0.15, 0.2) is 0 Å². The number of hydrogen-bond acceptors (Lipinski definition) is 6. The predicted molar refractivity (Wildman–Crippen MR) is 113 cm³/mol. The molecule has 0 aromatic heterocycles. The minimum atomic E-state index is -0.416. The highest BCUT2D eigenvalue weighted by Crippen LogP contribution is 2.23. The second kappa shape index (κ2) is 12.7. The van der Waals surface area contributed by atoms with Gasteiger partial charge in [0.05, 0.1) is 19.8 Å². The Labute approximate surface area is 174 Å². The number of hydrogen-bond donors (Lipinski definition) is 0. The zero-order valence-electron chi connectivity index (χ0n) is 18.1. The van der Waals surface area contributed by atoms with E-state index in [2.05, 4.69) is 6.92 Å². The zero-order valence-corrected chi connectivity index (χ0v) is 18.1. The fourth-order valence-electron chi connectivity index (χ4n) is 3.41. The van der Waals surface area contributed by atoms with Crippen molar-refractivity contribution in [2.75, 3.05) is 47.6 Å². The Kier molecular flexibility index (Phi) is 10.3. The molecular formula is C21H34BNO6. The van der Waals surface area contributed by atoms with Gasteiger partial charge in [-0.3, -0.25) is 0 Å². The van der Waals surface area contributed by atoms with Crippen LogP contribution in [0.4, 0.5) is 4.79 Å². The Balaban J connectivity index is 1.86. The molecule has 7 nitrogen and oxygen atoms in total. The monoisotopic (exact) mass is 407 g/mol. The van der Waals surface area contributed by atoms with E-state index >= 15 is 0 Å². The minimum Gasteiger partial charge on any atom is -0.493 e. The molecule has 1 fully saturated rings. The topological polar surface area (TPSA) is 66.5 Å². The number of benzene rings is 1. The van der Waals surface area contributed by atoms with Gasteiger partial charge in [-0.15, -0.1) is 0 Å². The predicted octanol–water partition coefficient (Wildman–Crippen LogP) is 2.85.